The molecule has 2 aliphatic rings. The van der Waals surface area contributed by atoms with Gasteiger partial charge in [0, 0.05) is 22.0 Å². The number of rotatable bonds is 2. The van der Waals surface area contributed by atoms with Crippen molar-refractivity contribution in [2.45, 2.75) is 38.1 Å². The van der Waals surface area contributed by atoms with E-state index in [1.54, 1.807) is 11.0 Å². The van der Waals surface area contributed by atoms with Gasteiger partial charge in [0.25, 0.3) is 0 Å². The van der Waals surface area contributed by atoms with Crippen molar-refractivity contribution in [3.05, 3.63) is 52.0 Å². The molecule has 6 heteroatoms. The number of anilines is 1. The number of benzene rings is 1. The molecule has 1 saturated carbocycles. The summed E-state index contributed by atoms with van der Waals surface area (Å²) in [5, 5.41) is 4.78. The van der Waals surface area contributed by atoms with Crippen molar-refractivity contribution in [3.8, 4) is 0 Å². The second-order valence-corrected chi connectivity index (χ2v) is 7.98. The summed E-state index contributed by atoms with van der Waals surface area (Å²) >= 11 is 1.52. The van der Waals surface area contributed by atoms with Gasteiger partial charge >= 0.3 is 0 Å². The lowest BCUT2D eigenvalue weighted by molar-refractivity contribution is -0.140. The van der Waals surface area contributed by atoms with Crippen LogP contribution in [0.25, 0.3) is 0 Å². The molecule has 1 unspecified atom stereocenters. The van der Waals surface area contributed by atoms with Crippen LogP contribution in [0.15, 0.2) is 35.7 Å². The Labute approximate surface area is 156 Å². The number of hydrogen-bond donors (Lipinski definition) is 1. The third-order valence-electron chi connectivity index (χ3n) is 5.26. The topological polar surface area (TPSA) is 49.4 Å². The van der Waals surface area contributed by atoms with E-state index >= 15 is 0 Å². The fourth-order valence-electron chi connectivity index (χ4n) is 4.02. The molecule has 2 heterocycles. The third-order valence-corrected chi connectivity index (χ3v) is 6.18. The van der Waals surface area contributed by atoms with E-state index in [-0.39, 0.29) is 30.1 Å². The lowest BCUT2D eigenvalue weighted by atomic mass is 9.87. The molecule has 1 aromatic heterocycles. The van der Waals surface area contributed by atoms with Crippen LogP contribution in [-0.2, 0) is 9.59 Å². The summed E-state index contributed by atoms with van der Waals surface area (Å²) in [4.78, 5) is 28.4. The second kappa shape index (κ2) is 7.19. The number of fused-ring (bicyclic) bond motifs is 1. The van der Waals surface area contributed by atoms with Gasteiger partial charge in [-0.2, -0.15) is 0 Å². The second-order valence-electron chi connectivity index (χ2n) is 7.00. The average Bonchev–Trinajstić information content (AvgIpc) is 3.13. The van der Waals surface area contributed by atoms with E-state index in [2.05, 4.69) is 5.32 Å². The molecule has 136 valence electrons. The molecular weight excluding hydrogens is 351 g/mol. The van der Waals surface area contributed by atoms with Gasteiger partial charge in [-0.05, 0) is 42.5 Å². The SMILES string of the molecule is O=C1CN(C(=O)C2CCCCC2)C(c2cccs2)c2cc(F)ccc2N1. The molecule has 0 saturated heterocycles. The first-order valence-corrected chi connectivity index (χ1v) is 9.94. The van der Waals surface area contributed by atoms with Gasteiger partial charge in [0.2, 0.25) is 11.8 Å². The van der Waals surface area contributed by atoms with Crippen molar-refractivity contribution in [2.24, 2.45) is 5.92 Å². The first-order chi connectivity index (χ1) is 12.6. The summed E-state index contributed by atoms with van der Waals surface area (Å²) in [7, 11) is 0. The Balaban J connectivity index is 1.80. The molecule has 4 nitrogen and oxygen atoms in total. The first kappa shape index (κ1) is 17.2. The third kappa shape index (κ3) is 3.26. The van der Waals surface area contributed by atoms with E-state index in [4.69, 9.17) is 0 Å². The molecule has 0 bridgehead atoms. The molecule has 26 heavy (non-hydrogen) atoms. The Kier molecular flexibility index (Phi) is 4.76. The maximum atomic E-state index is 14.0. The Bertz CT molecular complexity index is 815. The van der Waals surface area contributed by atoms with Gasteiger partial charge in [0.05, 0.1) is 6.04 Å². The standard InChI is InChI=1S/C20H21FN2O2S/c21-14-8-9-16-15(11-14)19(17-7-4-10-26-17)23(12-18(24)22-16)20(25)13-5-2-1-3-6-13/h4,7-11,13,19H,1-3,5-6,12H2,(H,22,24). The molecule has 1 aliphatic carbocycles. The summed E-state index contributed by atoms with van der Waals surface area (Å²) in [5.74, 6) is -0.642. The van der Waals surface area contributed by atoms with Crippen LogP contribution in [-0.4, -0.2) is 23.3 Å². The number of nitrogens with zero attached hydrogens (tertiary/aromatic N) is 1. The van der Waals surface area contributed by atoms with Crippen LogP contribution < -0.4 is 5.32 Å². The number of amides is 2. The van der Waals surface area contributed by atoms with Crippen molar-refractivity contribution >= 4 is 28.8 Å². The van der Waals surface area contributed by atoms with Gasteiger partial charge in [-0.1, -0.05) is 25.3 Å². The fourth-order valence-corrected chi connectivity index (χ4v) is 4.87. The smallest absolute Gasteiger partial charge is 0.244 e. The van der Waals surface area contributed by atoms with E-state index in [1.807, 2.05) is 17.5 Å². The van der Waals surface area contributed by atoms with Crippen LogP contribution in [0.2, 0.25) is 0 Å². The van der Waals surface area contributed by atoms with Gasteiger partial charge in [-0.3, -0.25) is 9.59 Å². The van der Waals surface area contributed by atoms with Crippen LogP contribution in [0.5, 0.6) is 0 Å². The molecule has 2 amide bonds. The molecule has 1 atom stereocenters. The molecule has 4 rings (SSSR count). The number of nitrogens with one attached hydrogen (secondary N) is 1. The highest BCUT2D eigenvalue weighted by Crippen LogP contribution is 2.39. The summed E-state index contributed by atoms with van der Waals surface area (Å²) < 4.78 is 14.0. The molecule has 2 aromatic rings. The highest BCUT2D eigenvalue weighted by molar-refractivity contribution is 7.10. The Morgan fingerprint density at radius 2 is 2.00 bits per heavy atom. The van der Waals surface area contributed by atoms with Crippen LogP contribution in [0.4, 0.5) is 10.1 Å². The summed E-state index contributed by atoms with van der Waals surface area (Å²) in [6, 6.07) is 7.78. The Morgan fingerprint density at radius 3 is 2.73 bits per heavy atom. The zero-order valence-electron chi connectivity index (χ0n) is 14.4. The predicted molar refractivity (Wildman–Crippen MR) is 99.5 cm³/mol. The molecule has 1 N–H and O–H groups in total. The number of carbonyl (C=O) groups is 2. The lowest BCUT2D eigenvalue weighted by Crippen LogP contribution is -2.42. The predicted octanol–water partition coefficient (Wildman–Crippen LogP) is 4.34. The molecule has 1 aliphatic heterocycles. The highest BCUT2D eigenvalue weighted by atomic mass is 32.1. The largest absolute Gasteiger partial charge is 0.324 e. The quantitative estimate of drug-likeness (QED) is 0.853. The maximum absolute atomic E-state index is 14.0. The summed E-state index contributed by atoms with van der Waals surface area (Å²) in [6.45, 7) is -0.00575. The first-order valence-electron chi connectivity index (χ1n) is 9.06. The molecule has 1 fully saturated rings. The van der Waals surface area contributed by atoms with Crippen LogP contribution in [0.3, 0.4) is 0 Å². The number of thiophene rings is 1. The maximum Gasteiger partial charge on any atom is 0.244 e. The normalized spacial score (nSPS) is 21.0. The van der Waals surface area contributed by atoms with Crippen molar-refractivity contribution in [1.29, 1.82) is 0 Å². The van der Waals surface area contributed by atoms with Crippen molar-refractivity contribution in [3.63, 3.8) is 0 Å². The molecule has 0 spiro atoms. The van der Waals surface area contributed by atoms with Crippen molar-refractivity contribution in [1.82, 2.24) is 4.90 Å². The number of carbonyl (C=O) groups excluding carboxylic acids is 2. The van der Waals surface area contributed by atoms with Crippen LogP contribution in [0, 0.1) is 11.7 Å². The van der Waals surface area contributed by atoms with Crippen LogP contribution in [0.1, 0.15) is 48.6 Å². The summed E-state index contributed by atoms with van der Waals surface area (Å²) in [6.07, 6.45) is 4.98. The Morgan fingerprint density at radius 1 is 1.19 bits per heavy atom. The highest BCUT2D eigenvalue weighted by Gasteiger charge is 2.37. The monoisotopic (exact) mass is 372 g/mol. The van der Waals surface area contributed by atoms with E-state index < -0.39 is 6.04 Å². The minimum Gasteiger partial charge on any atom is -0.324 e. The zero-order chi connectivity index (χ0) is 18.1. The van der Waals surface area contributed by atoms with Gasteiger partial charge in [0.15, 0.2) is 0 Å². The van der Waals surface area contributed by atoms with Gasteiger partial charge in [0.1, 0.15) is 12.4 Å². The van der Waals surface area contributed by atoms with E-state index in [9.17, 15) is 14.0 Å². The van der Waals surface area contributed by atoms with E-state index in [0.29, 0.717) is 11.3 Å². The van der Waals surface area contributed by atoms with Gasteiger partial charge < -0.3 is 10.2 Å². The molecule has 0 radical (unpaired) electrons. The summed E-state index contributed by atoms with van der Waals surface area (Å²) in [5.41, 5.74) is 1.22. The van der Waals surface area contributed by atoms with E-state index in [1.165, 1.54) is 23.5 Å². The fraction of sp³-hybridized carbons (Fsp3) is 0.400. The molecular formula is C20H21FN2O2S. The van der Waals surface area contributed by atoms with Crippen molar-refractivity contribution < 1.29 is 14.0 Å². The van der Waals surface area contributed by atoms with Gasteiger partial charge in [-0.15, -0.1) is 11.3 Å². The van der Waals surface area contributed by atoms with Crippen molar-refractivity contribution in [2.75, 3.05) is 11.9 Å². The molecule has 1 aromatic carbocycles. The lowest BCUT2D eigenvalue weighted by Gasteiger charge is -2.33. The van der Waals surface area contributed by atoms with Gasteiger partial charge in [-0.25, -0.2) is 4.39 Å². The Hall–Kier alpha value is -2.21. The zero-order valence-corrected chi connectivity index (χ0v) is 15.2. The number of hydrogen-bond acceptors (Lipinski definition) is 3. The minimum atomic E-state index is -0.436. The number of halogens is 1. The minimum absolute atomic E-state index is 0.00575. The average molecular weight is 372 g/mol. The van der Waals surface area contributed by atoms with Crippen LogP contribution >= 0.6 is 11.3 Å². The van der Waals surface area contributed by atoms with E-state index in [0.717, 1.165) is 37.0 Å².